The number of nitrogens with zero attached hydrogens (tertiary/aromatic N) is 2. The minimum absolute atomic E-state index is 0.0755. The van der Waals surface area contributed by atoms with E-state index in [1.807, 2.05) is 6.92 Å². The van der Waals surface area contributed by atoms with Crippen molar-refractivity contribution in [2.45, 2.75) is 25.7 Å². The van der Waals surface area contributed by atoms with Crippen molar-refractivity contribution in [3.63, 3.8) is 0 Å². The number of Topliss-reactive ketones (excluding diaryl/α,β-unsaturated/α-hetero) is 1. The van der Waals surface area contributed by atoms with E-state index in [4.69, 9.17) is 9.15 Å². The molecule has 8 nitrogen and oxygen atoms in total. The van der Waals surface area contributed by atoms with Crippen LogP contribution in [-0.2, 0) is 10.0 Å². The van der Waals surface area contributed by atoms with E-state index >= 15 is 0 Å². The van der Waals surface area contributed by atoms with E-state index in [9.17, 15) is 18.0 Å². The zero-order chi connectivity index (χ0) is 24.5. The molecule has 0 aliphatic carbocycles. The highest BCUT2D eigenvalue weighted by molar-refractivity contribution is 7.93. The molecule has 4 aromatic rings. The molecule has 2 aromatic carbocycles. The Bertz CT molecular complexity index is 1480. The fraction of sp³-hybridized carbons (Fsp3) is 0.160. The lowest BCUT2D eigenvalue weighted by molar-refractivity contribution is 0.1000. The Morgan fingerprint density at radius 3 is 2.32 bits per heavy atom. The summed E-state index contributed by atoms with van der Waals surface area (Å²) < 4.78 is 39.2. The van der Waals surface area contributed by atoms with E-state index < -0.39 is 15.9 Å². The quantitative estimate of drug-likeness (QED) is 0.352. The van der Waals surface area contributed by atoms with E-state index in [-0.39, 0.29) is 21.9 Å². The second-order valence-corrected chi connectivity index (χ2v) is 9.27. The van der Waals surface area contributed by atoms with Crippen molar-refractivity contribution < 1.29 is 27.2 Å². The summed E-state index contributed by atoms with van der Waals surface area (Å²) in [4.78, 5) is 29.5. The van der Waals surface area contributed by atoms with Gasteiger partial charge in [0.25, 0.3) is 15.9 Å². The molecule has 174 valence electrons. The molecule has 0 fully saturated rings. The second kappa shape index (κ2) is 9.11. The third kappa shape index (κ3) is 4.17. The predicted octanol–water partition coefficient (Wildman–Crippen LogP) is 4.77. The zero-order valence-corrected chi connectivity index (χ0v) is 19.6. The van der Waals surface area contributed by atoms with E-state index in [1.165, 1.54) is 67.8 Å². The second-order valence-electron chi connectivity index (χ2n) is 7.48. The van der Waals surface area contributed by atoms with Gasteiger partial charge in [0.15, 0.2) is 5.78 Å². The summed E-state index contributed by atoms with van der Waals surface area (Å²) in [6.07, 6.45) is 2.82. The van der Waals surface area contributed by atoms with Crippen molar-refractivity contribution in [2.24, 2.45) is 0 Å². The van der Waals surface area contributed by atoms with Gasteiger partial charge in [-0.3, -0.25) is 14.6 Å². The molecule has 9 heteroatoms. The van der Waals surface area contributed by atoms with Crippen molar-refractivity contribution in [1.82, 2.24) is 4.98 Å². The molecular weight excluding hydrogens is 456 g/mol. The summed E-state index contributed by atoms with van der Waals surface area (Å²) in [5.41, 5.74) is 0.971. The molecule has 1 amide bonds. The Labute approximate surface area is 196 Å². The van der Waals surface area contributed by atoms with Gasteiger partial charge in [-0.2, -0.15) is 4.31 Å². The third-order valence-electron chi connectivity index (χ3n) is 5.22. The SMILES string of the molecule is CCOc1ccc(S(=O)(=O)N(C(=O)c2ccncc2)c2ccc3oc(C)c(C(C)=O)c3c2)cc1. The van der Waals surface area contributed by atoms with Crippen LogP contribution in [0.15, 0.2) is 76.3 Å². The molecule has 0 spiro atoms. The maximum atomic E-state index is 13.7. The lowest BCUT2D eigenvalue weighted by Crippen LogP contribution is -2.37. The summed E-state index contributed by atoms with van der Waals surface area (Å²) in [6, 6.07) is 13.2. The van der Waals surface area contributed by atoms with Gasteiger partial charge in [-0.15, -0.1) is 0 Å². The van der Waals surface area contributed by atoms with Crippen LogP contribution >= 0.6 is 0 Å². The zero-order valence-electron chi connectivity index (χ0n) is 18.8. The first kappa shape index (κ1) is 23.2. The lowest BCUT2D eigenvalue weighted by atomic mass is 10.1. The van der Waals surface area contributed by atoms with Crippen LogP contribution in [0.2, 0.25) is 0 Å². The number of carbonyl (C=O) groups is 2. The number of aryl methyl sites for hydroxylation is 1. The molecule has 0 radical (unpaired) electrons. The smallest absolute Gasteiger partial charge is 0.272 e. The highest BCUT2D eigenvalue weighted by atomic mass is 32.2. The molecule has 34 heavy (non-hydrogen) atoms. The maximum absolute atomic E-state index is 13.7. The van der Waals surface area contributed by atoms with Crippen molar-refractivity contribution >= 4 is 38.4 Å². The average molecular weight is 479 g/mol. The van der Waals surface area contributed by atoms with Gasteiger partial charge in [0.1, 0.15) is 17.1 Å². The number of rotatable bonds is 7. The molecule has 2 aromatic heterocycles. The van der Waals surface area contributed by atoms with E-state index in [2.05, 4.69) is 4.98 Å². The lowest BCUT2D eigenvalue weighted by Gasteiger charge is -2.23. The maximum Gasteiger partial charge on any atom is 0.272 e. The number of pyridine rings is 1. The number of benzene rings is 2. The van der Waals surface area contributed by atoms with Gasteiger partial charge < -0.3 is 9.15 Å². The van der Waals surface area contributed by atoms with Gasteiger partial charge >= 0.3 is 0 Å². The Hall–Kier alpha value is -3.98. The van der Waals surface area contributed by atoms with Crippen molar-refractivity contribution in [2.75, 3.05) is 10.9 Å². The highest BCUT2D eigenvalue weighted by Gasteiger charge is 2.32. The minimum atomic E-state index is -4.34. The Morgan fingerprint density at radius 2 is 1.71 bits per heavy atom. The number of ether oxygens (including phenoxy) is 1. The number of anilines is 1. The first-order chi connectivity index (χ1) is 16.2. The van der Waals surface area contributed by atoms with Gasteiger partial charge in [0.05, 0.1) is 22.8 Å². The monoisotopic (exact) mass is 478 g/mol. The summed E-state index contributed by atoms with van der Waals surface area (Å²) >= 11 is 0. The third-order valence-corrected chi connectivity index (χ3v) is 6.94. The fourth-order valence-corrected chi connectivity index (χ4v) is 5.13. The van der Waals surface area contributed by atoms with Crippen LogP contribution in [-0.4, -0.2) is 31.7 Å². The van der Waals surface area contributed by atoms with Crippen LogP contribution in [0.25, 0.3) is 11.0 Å². The molecule has 4 rings (SSSR count). The Morgan fingerprint density at radius 1 is 1.03 bits per heavy atom. The first-order valence-electron chi connectivity index (χ1n) is 10.5. The van der Waals surface area contributed by atoms with E-state index in [1.54, 1.807) is 13.0 Å². The van der Waals surface area contributed by atoms with Crippen LogP contribution in [0.3, 0.4) is 0 Å². The normalized spacial score (nSPS) is 11.4. The predicted molar refractivity (Wildman–Crippen MR) is 127 cm³/mol. The van der Waals surface area contributed by atoms with Gasteiger partial charge in [0.2, 0.25) is 0 Å². The number of furan rings is 1. The van der Waals surface area contributed by atoms with E-state index in [0.717, 1.165) is 4.31 Å². The van der Waals surface area contributed by atoms with Gasteiger partial charge in [0, 0.05) is 23.3 Å². The molecule has 0 bridgehead atoms. The topological polar surface area (TPSA) is 107 Å². The highest BCUT2D eigenvalue weighted by Crippen LogP contribution is 2.33. The standard InChI is InChI=1S/C25H22N2O6S/c1-4-32-20-6-8-21(9-7-20)34(30,31)27(25(29)18-11-13-26-14-12-18)19-5-10-23-22(15-19)24(16(2)28)17(3)33-23/h5-15H,4H2,1-3H3. The molecule has 0 N–H and O–H groups in total. The summed E-state index contributed by atoms with van der Waals surface area (Å²) in [7, 11) is -4.34. The first-order valence-corrected chi connectivity index (χ1v) is 11.9. The van der Waals surface area contributed by atoms with Crippen LogP contribution in [0, 0.1) is 6.92 Å². The number of amides is 1. The fourth-order valence-electron chi connectivity index (χ4n) is 3.73. The summed E-state index contributed by atoms with van der Waals surface area (Å²) in [5.74, 6) is -0.0640. The molecule has 0 aliphatic rings. The summed E-state index contributed by atoms with van der Waals surface area (Å²) in [6.45, 7) is 5.32. The number of sulfonamides is 1. The van der Waals surface area contributed by atoms with E-state index in [0.29, 0.717) is 34.6 Å². The Kier molecular flexibility index (Phi) is 6.21. The number of ketones is 1. The van der Waals surface area contributed by atoms with Crippen LogP contribution in [0.1, 0.15) is 40.3 Å². The summed E-state index contributed by atoms with van der Waals surface area (Å²) in [5, 5.41) is 0.428. The molecule has 0 saturated heterocycles. The van der Waals surface area contributed by atoms with Crippen molar-refractivity contribution in [3.8, 4) is 5.75 Å². The molecule has 0 atom stereocenters. The van der Waals surface area contributed by atoms with Crippen molar-refractivity contribution in [1.29, 1.82) is 0 Å². The molecular formula is C25H22N2O6S. The van der Waals surface area contributed by atoms with Crippen molar-refractivity contribution in [3.05, 3.63) is 83.9 Å². The number of aromatic nitrogens is 1. The van der Waals surface area contributed by atoms with Crippen LogP contribution in [0.5, 0.6) is 5.75 Å². The molecule has 0 saturated carbocycles. The number of hydrogen-bond acceptors (Lipinski definition) is 7. The largest absolute Gasteiger partial charge is 0.494 e. The van der Waals surface area contributed by atoms with Crippen LogP contribution < -0.4 is 9.04 Å². The average Bonchev–Trinajstić information content (AvgIpc) is 3.15. The van der Waals surface area contributed by atoms with Gasteiger partial charge in [-0.25, -0.2) is 8.42 Å². The Balaban J connectivity index is 1.91. The molecule has 0 unspecified atom stereocenters. The van der Waals surface area contributed by atoms with Gasteiger partial charge in [-0.1, -0.05) is 0 Å². The number of carbonyl (C=O) groups excluding carboxylic acids is 2. The molecule has 2 heterocycles. The minimum Gasteiger partial charge on any atom is -0.494 e. The molecule has 0 aliphatic heterocycles. The number of fused-ring (bicyclic) bond motifs is 1. The van der Waals surface area contributed by atoms with Gasteiger partial charge in [-0.05, 0) is 75.4 Å². The van der Waals surface area contributed by atoms with Crippen LogP contribution in [0.4, 0.5) is 5.69 Å². The number of hydrogen-bond donors (Lipinski definition) is 0.